The Morgan fingerprint density at radius 1 is 1.14 bits per heavy atom. The van der Waals surface area contributed by atoms with Gasteiger partial charge in [-0.3, -0.25) is 9.48 Å². The molecule has 8 heteroatoms. The first-order chi connectivity index (χ1) is 13.9. The van der Waals surface area contributed by atoms with Gasteiger partial charge >= 0.3 is 0 Å². The van der Waals surface area contributed by atoms with E-state index in [2.05, 4.69) is 5.10 Å². The molecule has 1 saturated heterocycles. The predicted octanol–water partition coefficient (Wildman–Crippen LogP) is 2.79. The molecular formula is C21H24N4O3S. The summed E-state index contributed by atoms with van der Waals surface area (Å²) in [5, 5.41) is 5.27. The van der Waals surface area contributed by atoms with Crippen molar-refractivity contribution in [2.75, 3.05) is 18.8 Å². The van der Waals surface area contributed by atoms with E-state index in [-0.39, 0.29) is 11.8 Å². The van der Waals surface area contributed by atoms with Crippen LogP contribution in [-0.4, -0.2) is 47.3 Å². The van der Waals surface area contributed by atoms with E-state index in [9.17, 15) is 13.2 Å². The highest BCUT2D eigenvalue weighted by Crippen LogP contribution is 2.32. The molecule has 4 rings (SSSR count). The maximum Gasteiger partial charge on any atom is 0.249 e. The minimum absolute atomic E-state index is 0.0718. The first-order valence-corrected chi connectivity index (χ1v) is 11.4. The quantitative estimate of drug-likeness (QED) is 0.697. The number of hydrogen-bond donors (Lipinski definition) is 1. The van der Waals surface area contributed by atoms with Gasteiger partial charge in [0.15, 0.2) is 0 Å². The minimum Gasteiger partial charge on any atom is -0.366 e. The van der Waals surface area contributed by atoms with Crippen LogP contribution in [-0.2, 0) is 10.0 Å². The van der Waals surface area contributed by atoms with Crippen LogP contribution >= 0.6 is 0 Å². The fourth-order valence-electron chi connectivity index (χ4n) is 3.98. The molecule has 0 bridgehead atoms. The number of carbonyl (C=O) groups excluding carboxylic acids is 1. The van der Waals surface area contributed by atoms with Crippen molar-refractivity contribution in [3.63, 3.8) is 0 Å². The van der Waals surface area contributed by atoms with Crippen molar-refractivity contribution in [1.82, 2.24) is 14.1 Å². The Balaban J connectivity index is 1.73. The molecule has 0 atom stereocenters. The van der Waals surface area contributed by atoms with Crippen molar-refractivity contribution in [2.45, 2.75) is 25.8 Å². The number of sulfonamides is 1. The predicted molar refractivity (Wildman–Crippen MR) is 113 cm³/mol. The molecule has 2 N–H and O–H groups in total. The lowest BCUT2D eigenvalue weighted by Crippen LogP contribution is -2.39. The maximum absolute atomic E-state index is 12.1. The third-order valence-electron chi connectivity index (χ3n) is 5.62. The SMILES string of the molecule is CCS(=O)(=O)N1CCC(n2ncc3c(C(N)=O)cc(-c4ccccc4)cc32)CC1. The van der Waals surface area contributed by atoms with Crippen molar-refractivity contribution in [3.8, 4) is 11.1 Å². The zero-order valence-corrected chi connectivity index (χ0v) is 17.1. The Morgan fingerprint density at radius 2 is 1.83 bits per heavy atom. The van der Waals surface area contributed by atoms with E-state index >= 15 is 0 Å². The molecule has 7 nitrogen and oxygen atoms in total. The lowest BCUT2D eigenvalue weighted by atomic mass is 9.99. The normalized spacial score (nSPS) is 16.3. The molecule has 1 aliphatic rings. The van der Waals surface area contributed by atoms with Crippen LogP contribution in [0.3, 0.4) is 0 Å². The number of benzene rings is 2. The Morgan fingerprint density at radius 3 is 2.45 bits per heavy atom. The van der Waals surface area contributed by atoms with Crippen molar-refractivity contribution in [3.05, 3.63) is 54.2 Å². The second kappa shape index (κ2) is 7.61. The molecule has 0 saturated carbocycles. The highest BCUT2D eigenvalue weighted by molar-refractivity contribution is 7.89. The summed E-state index contributed by atoms with van der Waals surface area (Å²) >= 11 is 0. The lowest BCUT2D eigenvalue weighted by Gasteiger charge is -2.31. The fraction of sp³-hybridized carbons (Fsp3) is 0.333. The maximum atomic E-state index is 12.1. The zero-order valence-electron chi connectivity index (χ0n) is 16.3. The van der Waals surface area contributed by atoms with Gasteiger partial charge in [-0.25, -0.2) is 12.7 Å². The molecular weight excluding hydrogens is 388 g/mol. The fourth-order valence-corrected chi connectivity index (χ4v) is 5.12. The Labute approximate surface area is 170 Å². The van der Waals surface area contributed by atoms with Crippen LogP contribution in [0.25, 0.3) is 22.0 Å². The van der Waals surface area contributed by atoms with E-state index < -0.39 is 15.9 Å². The molecule has 29 heavy (non-hydrogen) atoms. The van der Waals surface area contributed by atoms with Gasteiger partial charge in [0, 0.05) is 18.5 Å². The third-order valence-corrected chi connectivity index (χ3v) is 7.50. The molecule has 1 amide bonds. The number of nitrogens with two attached hydrogens (primary N) is 1. The minimum atomic E-state index is -3.17. The average Bonchev–Trinajstić information content (AvgIpc) is 3.17. The first-order valence-electron chi connectivity index (χ1n) is 9.75. The van der Waals surface area contributed by atoms with E-state index in [0.29, 0.717) is 31.5 Å². The van der Waals surface area contributed by atoms with E-state index in [0.717, 1.165) is 22.0 Å². The van der Waals surface area contributed by atoms with Crippen LogP contribution in [0, 0.1) is 0 Å². The number of primary amides is 1. The molecule has 3 aromatic rings. The van der Waals surface area contributed by atoms with Crippen LogP contribution in [0.15, 0.2) is 48.7 Å². The van der Waals surface area contributed by atoms with Gasteiger partial charge in [0.05, 0.1) is 29.1 Å². The molecule has 2 aromatic carbocycles. The van der Waals surface area contributed by atoms with Gasteiger partial charge in [0.2, 0.25) is 15.9 Å². The summed E-state index contributed by atoms with van der Waals surface area (Å²) in [5.74, 6) is -0.374. The summed E-state index contributed by atoms with van der Waals surface area (Å²) < 4.78 is 27.7. The van der Waals surface area contributed by atoms with E-state index in [4.69, 9.17) is 5.73 Å². The summed E-state index contributed by atoms with van der Waals surface area (Å²) in [6.45, 7) is 2.62. The zero-order chi connectivity index (χ0) is 20.6. The van der Waals surface area contributed by atoms with Crippen LogP contribution < -0.4 is 5.73 Å². The van der Waals surface area contributed by atoms with Gasteiger partial charge in [0.25, 0.3) is 0 Å². The lowest BCUT2D eigenvalue weighted by molar-refractivity contribution is 0.100. The topological polar surface area (TPSA) is 98.3 Å². The smallest absolute Gasteiger partial charge is 0.249 e. The molecule has 0 aliphatic carbocycles. The molecule has 1 aromatic heterocycles. The monoisotopic (exact) mass is 412 g/mol. The van der Waals surface area contributed by atoms with Crippen molar-refractivity contribution in [2.24, 2.45) is 5.73 Å². The Bertz CT molecular complexity index is 1150. The number of aromatic nitrogens is 2. The average molecular weight is 413 g/mol. The van der Waals surface area contributed by atoms with Crippen molar-refractivity contribution >= 4 is 26.8 Å². The molecule has 1 fully saturated rings. The first kappa shape index (κ1) is 19.6. The number of fused-ring (bicyclic) bond motifs is 1. The van der Waals surface area contributed by atoms with E-state index in [1.54, 1.807) is 17.4 Å². The summed E-state index contributed by atoms with van der Waals surface area (Å²) in [6.07, 6.45) is 3.04. The van der Waals surface area contributed by atoms with Gasteiger partial charge in [-0.1, -0.05) is 30.3 Å². The molecule has 0 unspecified atom stereocenters. The van der Waals surface area contributed by atoms with Crippen LogP contribution in [0.2, 0.25) is 0 Å². The molecule has 0 spiro atoms. The number of rotatable bonds is 5. The second-order valence-corrected chi connectivity index (χ2v) is 9.56. The second-order valence-electron chi connectivity index (χ2n) is 7.31. The van der Waals surface area contributed by atoms with Crippen LogP contribution in [0.1, 0.15) is 36.2 Å². The van der Waals surface area contributed by atoms with Gasteiger partial charge in [0.1, 0.15) is 0 Å². The number of hydrogen-bond acceptors (Lipinski definition) is 4. The highest BCUT2D eigenvalue weighted by atomic mass is 32.2. The highest BCUT2D eigenvalue weighted by Gasteiger charge is 2.29. The molecule has 1 aliphatic heterocycles. The van der Waals surface area contributed by atoms with Crippen molar-refractivity contribution < 1.29 is 13.2 Å². The van der Waals surface area contributed by atoms with E-state index in [1.165, 1.54) is 0 Å². The molecule has 152 valence electrons. The van der Waals surface area contributed by atoms with Crippen LogP contribution in [0.5, 0.6) is 0 Å². The summed E-state index contributed by atoms with van der Waals surface area (Å²) in [6, 6.07) is 13.7. The summed E-state index contributed by atoms with van der Waals surface area (Å²) in [5.41, 5.74) is 8.83. The summed E-state index contributed by atoms with van der Waals surface area (Å²) in [7, 11) is -3.17. The number of carbonyl (C=O) groups is 1. The largest absolute Gasteiger partial charge is 0.366 e. The van der Waals surface area contributed by atoms with Crippen LogP contribution in [0.4, 0.5) is 0 Å². The standard InChI is InChI=1S/C21H24N4O3S/c1-2-29(27,28)24-10-8-17(9-11-24)25-20-13-16(15-6-4-3-5-7-15)12-18(21(22)26)19(20)14-23-25/h3-7,12-14,17H,2,8-11H2,1H3,(H2,22,26). The Kier molecular flexibility index (Phi) is 5.14. The van der Waals surface area contributed by atoms with Crippen molar-refractivity contribution in [1.29, 1.82) is 0 Å². The number of nitrogens with zero attached hydrogens (tertiary/aromatic N) is 3. The number of piperidine rings is 1. The van der Waals surface area contributed by atoms with Gasteiger partial charge in [-0.2, -0.15) is 5.10 Å². The van der Waals surface area contributed by atoms with Gasteiger partial charge in [-0.15, -0.1) is 0 Å². The van der Waals surface area contributed by atoms with Gasteiger partial charge in [-0.05, 0) is 43.0 Å². The molecule has 2 heterocycles. The third kappa shape index (κ3) is 3.65. The summed E-state index contributed by atoms with van der Waals surface area (Å²) in [4.78, 5) is 12.1. The number of amides is 1. The molecule has 0 radical (unpaired) electrons. The van der Waals surface area contributed by atoms with Gasteiger partial charge < -0.3 is 5.73 Å². The van der Waals surface area contributed by atoms with E-state index in [1.807, 2.05) is 47.1 Å². The Hall–Kier alpha value is -2.71.